The minimum Gasteiger partial charge on any atom is -0.370 e. The van der Waals surface area contributed by atoms with E-state index in [0.29, 0.717) is 18.9 Å². The van der Waals surface area contributed by atoms with Crippen LogP contribution in [-0.2, 0) is 0 Å². The number of hydrogen-bond acceptors (Lipinski definition) is 1. The van der Waals surface area contributed by atoms with Gasteiger partial charge in [0.1, 0.15) is 0 Å². The van der Waals surface area contributed by atoms with Crippen molar-refractivity contribution in [1.82, 2.24) is 5.32 Å². The van der Waals surface area contributed by atoms with Gasteiger partial charge >= 0.3 is 0 Å². The van der Waals surface area contributed by atoms with E-state index in [-0.39, 0.29) is 24.8 Å². The highest BCUT2D eigenvalue weighted by molar-refractivity contribution is 5.78. The first-order valence-corrected chi connectivity index (χ1v) is 6.87. The number of rotatable bonds is 4. The molecule has 3 N–H and O–H groups in total. The summed E-state index contributed by atoms with van der Waals surface area (Å²) in [4.78, 5) is 4.19. The van der Waals surface area contributed by atoms with Gasteiger partial charge in [-0.1, -0.05) is 13.3 Å². The highest BCUT2D eigenvalue weighted by Crippen LogP contribution is 2.35. The van der Waals surface area contributed by atoms with Gasteiger partial charge in [0, 0.05) is 25.4 Å². The third-order valence-electron chi connectivity index (χ3n) is 3.52. The highest BCUT2D eigenvalue weighted by Gasteiger charge is 2.34. The van der Waals surface area contributed by atoms with Crippen molar-refractivity contribution in [3.8, 4) is 0 Å². The number of aliphatic imine (C=N–C) groups is 1. The average Bonchev–Trinajstić information content (AvgIpc) is 2.47. The minimum absolute atomic E-state index is 0.0216. The Morgan fingerprint density at radius 2 is 2.22 bits per heavy atom. The zero-order valence-electron chi connectivity index (χ0n) is 11.4. The predicted molar refractivity (Wildman–Crippen MR) is 70.9 cm³/mol. The molecule has 1 aliphatic rings. The van der Waals surface area contributed by atoms with E-state index in [0.717, 1.165) is 19.3 Å². The first-order chi connectivity index (χ1) is 8.43. The van der Waals surface area contributed by atoms with Crippen LogP contribution in [0.15, 0.2) is 4.99 Å². The summed E-state index contributed by atoms with van der Waals surface area (Å²) in [6.45, 7) is 4.48. The van der Waals surface area contributed by atoms with Crippen LogP contribution >= 0.6 is 0 Å². The average molecular weight is 261 g/mol. The van der Waals surface area contributed by atoms with E-state index in [9.17, 15) is 8.78 Å². The Morgan fingerprint density at radius 3 is 2.89 bits per heavy atom. The third-order valence-corrected chi connectivity index (χ3v) is 3.52. The molecule has 0 saturated heterocycles. The molecule has 0 heterocycles. The van der Waals surface area contributed by atoms with Crippen molar-refractivity contribution >= 4 is 5.96 Å². The van der Waals surface area contributed by atoms with E-state index in [1.54, 1.807) is 0 Å². The highest BCUT2D eigenvalue weighted by atomic mass is 19.3. The van der Waals surface area contributed by atoms with Gasteiger partial charge in [-0.05, 0) is 32.1 Å². The summed E-state index contributed by atoms with van der Waals surface area (Å²) < 4.78 is 26.8. The van der Waals surface area contributed by atoms with Crippen LogP contribution < -0.4 is 11.1 Å². The molecule has 0 aromatic carbocycles. The summed E-state index contributed by atoms with van der Waals surface area (Å²) in [5.74, 6) is -2.19. The lowest BCUT2D eigenvalue weighted by Gasteiger charge is -2.18. The van der Waals surface area contributed by atoms with Gasteiger partial charge in [0.15, 0.2) is 5.96 Å². The van der Waals surface area contributed by atoms with Crippen LogP contribution in [0.3, 0.4) is 0 Å². The fraction of sp³-hybridized carbons (Fsp3) is 0.923. The van der Waals surface area contributed by atoms with Crippen LogP contribution in [0.5, 0.6) is 0 Å². The van der Waals surface area contributed by atoms with Crippen molar-refractivity contribution < 1.29 is 8.78 Å². The van der Waals surface area contributed by atoms with E-state index >= 15 is 0 Å². The summed E-state index contributed by atoms with van der Waals surface area (Å²) >= 11 is 0. The minimum atomic E-state index is -2.52. The van der Waals surface area contributed by atoms with Gasteiger partial charge < -0.3 is 11.1 Å². The molecule has 0 radical (unpaired) electrons. The van der Waals surface area contributed by atoms with Crippen LogP contribution in [0.4, 0.5) is 8.78 Å². The summed E-state index contributed by atoms with van der Waals surface area (Å²) in [5, 5.41) is 3.05. The molecule has 5 heteroatoms. The molecule has 1 saturated carbocycles. The molecule has 18 heavy (non-hydrogen) atoms. The number of nitrogens with one attached hydrogen (secondary N) is 1. The second kappa shape index (κ2) is 6.90. The SMILES string of the molecule is CCC(C)NC(N)=NCC1CCCCC(F)(F)C1. The maximum Gasteiger partial charge on any atom is 0.248 e. The summed E-state index contributed by atoms with van der Waals surface area (Å²) in [5.41, 5.74) is 5.73. The molecule has 2 unspecified atom stereocenters. The van der Waals surface area contributed by atoms with E-state index < -0.39 is 5.92 Å². The smallest absolute Gasteiger partial charge is 0.248 e. The summed E-state index contributed by atoms with van der Waals surface area (Å²) in [6, 6.07) is 0.268. The van der Waals surface area contributed by atoms with Crippen molar-refractivity contribution in [2.75, 3.05) is 6.54 Å². The monoisotopic (exact) mass is 261 g/mol. The largest absolute Gasteiger partial charge is 0.370 e. The third kappa shape index (κ3) is 5.65. The number of alkyl halides is 2. The lowest BCUT2D eigenvalue weighted by molar-refractivity contribution is -0.0241. The van der Waals surface area contributed by atoms with Crippen molar-refractivity contribution in [3.63, 3.8) is 0 Å². The fourth-order valence-electron chi connectivity index (χ4n) is 2.23. The number of nitrogens with zero attached hydrogens (tertiary/aromatic N) is 1. The van der Waals surface area contributed by atoms with E-state index in [1.165, 1.54) is 0 Å². The maximum absolute atomic E-state index is 13.4. The summed E-state index contributed by atoms with van der Waals surface area (Å²) in [6.07, 6.45) is 3.25. The van der Waals surface area contributed by atoms with Crippen molar-refractivity contribution in [2.45, 2.75) is 64.3 Å². The number of halogens is 2. The van der Waals surface area contributed by atoms with Crippen LogP contribution in [0, 0.1) is 5.92 Å². The second-order valence-corrected chi connectivity index (χ2v) is 5.35. The Morgan fingerprint density at radius 1 is 1.50 bits per heavy atom. The predicted octanol–water partition coefficient (Wildman–Crippen LogP) is 2.90. The fourth-order valence-corrected chi connectivity index (χ4v) is 2.23. The van der Waals surface area contributed by atoms with Gasteiger partial charge in [0.05, 0.1) is 0 Å². The van der Waals surface area contributed by atoms with Crippen molar-refractivity contribution in [2.24, 2.45) is 16.6 Å². The second-order valence-electron chi connectivity index (χ2n) is 5.35. The number of guanidine groups is 1. The molecule has 2 atom stereocenters. The van der Waals surface area contributed by atoms with E-state index in [2.05, 4.69) is 17.2 Å². The molecular weight excluding hydrogens is 236 g/mol. The topological polar surface area (TPSA) is 50.4 Å². The van der Waals surface area contributed by atoms with Crippen LogP contribution in [-0.4, -0.2) is 24.5 Å². The van der Waals surface area contributed by atoms with Gasteiger partial charge in [0.2, 0.25) is 5.92 Å². The van der Waals surface area contributed by atoms with Crippen LogP contribution in [0.1, 0.15) is 52.4 Å². The zero-order valence-corrected chi connectivity index (χ0v) is 11.4. The summed E-state index contributed by atoms with van der Waals surface area (Å²) in [7, 11) is 0. The van der Waals surface area contributed by atoms with Gasteiger partial charge in [-0.3, -0.25) is 4.99 Å². The lowest BCUT2D eigenvalue weighted by Crippen LogP contribution is -2.38. The quantitative estimate of drug-likeness (QED) is 0.464. The molecule has 0 aliphatic heterocycles. The number of hydrogen-bond donors (Lipinski definition) is 2. The van der Waals surface area contributed by atoms with Gasteiger partial charge in [-0.15, -0.1) is 0 Å². The van der Waals surface area contributed by atoms with Gasteiger partial charge in [-0.2, -0.15) is 0 Å². The zero-order chi connectivity index (χ0) is 13.6. The molecular formula is C13H25F2N3. The Kier molecular flexibility index (Phi) is 5.82. The lowest BCUT2D eigenvalue weighted by atomic mass is 9.99. The standard InChI is InChI=1S/C13H25F2N3/c1-3-10(2)18-12(16)17-9-11-6-4-5-7-13(14,15)8-11/h10-11H,3-9H2,1-2H3,(H3,16,17,18). The van der Waals surface area contributed by atoms with Crippen molar-refractivity contribution in [1.29, 1.82) is 0 Å². The Balaban J connectivity index is 2.43. The molecule has 1 fully saturated rings. The number of nitrogens with two attached hydrogens (primary N) is 1. The molecule has 1 aliphatic carbocycles. The molecule has 0 bridgehead atoms. The van der Waals surface area contributed by atoms with E-state index in [4.69, 9.17) is 5.73 Å². The van der Waals surface area contributed by atoms with Crippen LogP contribution in [0.2, 0.25) is 0 Å². The molecule has 0 spiro atoms. The molecule has 0 aromatic rings. The molecule has 3 nitrogen and oxygen atoms in total. The van der Waals surface area contributed by atoms with Crippen molar-refractivity contribution in [3.05, 3.63) is 0 Å². The Hall–Kier alpha value is -0.870. The van der Waals surface area contributed by atoms with Crippen LogP contribution in [0.25, 0.3) is 0 Å². The molecule has 0 aromatic heterocycles. The first-order valence-electron chi connectivity index (χ1n) is 6.87. The van der Waals surface area contributed by atoms with Gasteiger partial charge in [-0.25, -0.2) is 8.78 Å². The maximum atomic E-state index is 13.4. The first kappa shape index (κ1) is 15.2. The van der Waals surface area contributed by atoms with Gasteiger partial charge in [0.25, 0.3) is 0 Å². The molecule has 0 amide bonds. The normalized spacial score (nSPS) is 26.4. The van der Waals surface area contributed by atoms with E-state index in [1.807, 2.05) is 6.92 Å². The Labute approximate surface area is 108 Å². The molecule has 106 valence electrons. The Bertz CT molecular complexity index is 279. The molecule has 1 rings (SSSR count).